The van der Waals surface area contributed by atoms with Gasteiger partial charge in [-0.05, 0) is 38.5 Å². The Morgan fingerprint density at radius 3 is 2.25 bits per heavy atom. The molecular weight excluding hydrogens is 269 g/mol. The van der Waals surface area contributed by atoms with Crippen LogP contribution in [0.5, 0.6) is 0 Å². The van der Waals surface area contributed by atoms with Crippen LogP contribution in [0.1, 0.15) is 19.4 Å². The van der Waals surface area contributed by atoms with Crippen LogP contribution >= 0.6 is 23.2 Å². The second-order valence-electron chi connectivity index (χ2n) is 3.78. The van der Waals surface area contributed by atoms with Crippen LogP contribution in [0, 0.1) is 6.92 Å². The van der Waals surface area contributed by atoms with Crippen molar-refractivity contribution in [2.24, 2.45) is 0 Å². The molecule has 0 atom stereocenters. The fraction of sp³-hybridized carbons (Fsp3) is 0.400. The minimum atomic E-state index is -3.40. The Morgan fingerprint density at radius 2 is 1.75 bits per heavy atom. The van der Waals surface area contributed by atoms with E-state index < -0.39 is 15.3 Å². The summed E-state index contributed by atoms with van der Waals surface area (Å²) in [7, 11) is -3.40. The smallest absolute Gasteiger partial charge is 0.235 e. The van der Waals surface area contributed by atoms with Gasteiger partial charge in [0.25, 0.3) is 0 Å². The fourth-order valence-corrected chi connectivity index (χ4v) is 2.19. The van der Waals surface area contributed by atoms with Crippen LogP contribution in [0.3, 0.4) is 0 Å². The first-order valence-corrected chi connectivity index (χ1v) is 7.01. The predicted molar refractivity (Wildman–Crippen MR) is 68.9 cm³/mol. The first kappa shape index (κ1) is 13.6. The molecule has 6 heteroatoms. The van der Waals surface area contributed by atoms with Gasteiger partial charge in [0, 0.05) is 5.02 Å². The van der Waals surface area contributed by atoms with Gasteiger partial charge in [-0.1, -0.05) is 23.2 Å². The third-order valence-electron chi connectivity index (χ3n) is 2.12. The number of hydrogen-bond donors (Lipinski definition) is 1. The Balaban J connectivity index is 3.13. The van der Waals surface area contributed by atoms with E-state index in [0.29, 0.717) is 15.7 Å². The van der Waals surface area contributed by atoms with E-state index in [-0.39, 0.29) is 0 Å². The number of halogens is 2. The Morgan fingerprint density at radius 1 is 1.19 bits per heavy atom. The van der Waals surface area contributed by atoms with Crippen molar-refractivity contribution in [1.82, 2.24) is 0 Å². The first-order chi connectivity index (χ1) is 7.24. The van der Waals surface area contributed by atoms with Crippen LogP contribution < -0.4 is 4.72 Å². The van der Waals surface area contributed by atoms with Crippen molar-refractivity contribution in [2.75, 3.05) is 4.72 Å². The molecule has 0 aliphatic rings. The molecule has 0 radical (unpaired) electrons. The van der Waals surface area contributed by atoms with E-state index >= 15 is 0 Å². The molecule has 90 valence electrons. The predicted octanol–water partition coefficient (Wildman–Crippen LogP) is 3.45. The molecule has 0 fully saturated rings. The van der Waals surface area contributed by atoms with Crippen LogP contribution in [-0.4, -0.2) is 13.7 Å². The molecule has 0 heterocycles. The molecule has 16 heavy (non-hydrogen) atoms. The summed E-state index contributed by atoms with van der Waals surface area (Å²) in [6, 6.07) is 3.14. The van der Waals surface area contributed by atoms with Crippen LogP contribution in [-0.2, 0) is 10.0 Å². The van der Waals surface area contributed by atoms with Crippen molar-refractivity contribution in [3.05, 3.63) is 27.7 Å². The summed E-state index contributed by atoms with van der Waals surface area (Å²) in [5.74, 6) is 0. The Hall–Kier alpha value is -0.450. The SMILES string of the molecule is Cc1cc(Cl)c(NS(=O)(=O)C(C)C)cc1Cl. The van der Waals surface area contributed by atoms with Crippen molar-refractivity contribution in [3.8, 4) is 0 Å². The van der Waals surface area contributed by atoms with E-state index in [1.807, 2.05) is 0 Å². The summed E-state index contributed by atoms with van der Waals surface area (Å²) in [5, 5.41) is 0.292. The highest BCUT2D eigenvalue weighted by atomic mass is 35.5. The molecule has 0 aromatic heterocycles. The molecule has 0 bridgehead atoms. The molecule has 0 aliphatic heterocycles. The van der Waals surface area contributed by atoms with E-state index in [2.05, 4.69) is 4.72 Å². The van der Waals surface area contributed by atoms with Crippen molar-refractivity contribution in [1.29, 1.82) is 0 Å². The monoisotopic (exact) mass is 281 g/mol. The quantitative estimate of drug-likeness (QED) is 0.922. The van der Waals surface area contributed by atoms with Gasteiger partial charge in [-0.15, -0.1) is 0 Å². The van der Waals surface area contributed by atoms with Crippen LogP contribution in [0.2, 0.25) is 10.0 Å². The maximum absolute atomic E-state index is 11.6. The van der Waals surface area contributed by atoms with Gasteiger partial charge in [-0.3, -0.25) is 4.72 Å². The van der Waals surface area contributed by atoms with Gasteiger partial charge in [0.15, 0.2) is 0 Å². The maximum atomic E-state index is 11.6. The lowest BCUT2D eigenvalue weighted by molar-refractivity contribution is 0.593. The molecule has 0 saturated heterocycles. The lowest BCUT2D eigenvalue weighted by atomic mass is 10.2. The lowest BCUT2D eigenvalue weighted by Gasteiger charge is -2.13. The molecule has 1 aromatic rings. The highest BCUT2D eigenvalue weighted by Crippen LogP contribution is 2.29. The maximum Gasteiger partial charge on any atom is 0.235 e. The molecular formula is C10H13Cl2NO2S. The third kappa shape index (κ3) is 3.03. The molecule has 0 spiro atoms. The molecule has 1 aromatic carbocycles. The zero-order valence-corrected chi connectivity index (χ0v) is 11.5. The standard InChI is InChI=1S/C10H13Cl2NO2S/c1-6(2)16(14,15)13-10-5-8(11)7(3)4-9(10)12/h4-6,13H,1-3H3. The van der Waals surface area contributed by atoms with Crippen molar-refractivity contribution < 1.29 is 8.42 Å². The van der Waals surface area contributed by atoms with Crippen LogP contribution in [0.25, 0.3) is 0 Å². The van der Waals surface area contributed by atoms with Gasteiger partial charge in [0.1, 0.15) is 0 Å². The largest absolute Gasteiger partial charge is 0.282 e. The number of aryl methyl sites for hydroxylation is 1. The number of nitrogens with one attached hydrogen (secondary N) is 1. The number of rotatable bonds is 3. The van der Waals surface area contributed by atoms with E-state index in [0.717, 1.165) is 5.56 Å². The zero-order valence-electron chi connectivity index (χ0n) is 9.21. The molecule has 0 aliphatic carbocycles. The molecule has 0 unspecified atom stereocenters. The Bertz CT molecular complexity index is 498. The van der Waals surface area contributed by atoms with Crippen molar-refractivity contribution in [3.63, 3.8) is 0 Å². The van der Waals surface area contributed by atoms with Gasteiger partial charge >= 0.3 is 0 Å². The third-order valence-corrected chi connectivity index (χ3v) is 4.59. The summed E-state index contributed by atoms with van der Waals surface area (Å²) < 4.78 is 25.7. The minimum absolute atomic E-state index is 0.311. The van der Waals surface area contributed by atoms with E-state index in [9.17, 15) is 8.42 Å². The Labute approximate surface area is 106 Å². The average Bonchev–Trinajstić information content (AvgIpc) is 2.13. The topological polar surface area (TPSA) is 46.2 Å². The molecule has 1 N–H and O–H groups in total. The first-order valence-electron chi connectivity index (χ1n) is 4.71. The molecule has 1 rings (SSSR count). The number of benzene rings is 1. The molecule has 3 nitrogen and oxygen atoms in total. The Kier molecular flexibility index (Phi) is 4.10. The number of sulfonamides is 1. The fourth-order valence-electron chi connectivity index (χ4n) is 0.996. The van der Waals surface area contributed by atoms with Gasteiger partial charge in [-0.25, -0.2) is 8.42 Å². The number of hydrogen-bond acceptors (Lipinski definition) is 2. The average molecular weight is 282 g/mol. The zero-order chi connectivity index (χ0) is 12.5. The van der Waals surface area contributed by atoms with Crippen molar-refractivity contribution in [2.45, 2.75) is 26.0 Å². The summed E-state index contributed by atoms with van der Waals surface area (Å²) in [5.41, 5.74) is 1.12. The highest BCUT2D eigenvalue weighted by Gasteiger charge is 2.17. The molecule has 0 saturated carbocycles. The van der Waals surface area contributed by atoms with Crippen molar-refractivity contribution >= 4 is 38.9 Å². The van der Waals surface area contributed by atoms with Gasteiger partial charge in [0.05, 0.1) is 16.0 Å². The van der Waals surface area contributed by atoms with E-state index in [4.69, 9.17) is 23.2 Å². The van der Waals surface area contributed by atoms with Crippen LogP contribution in [0.15, 0.2) is 12.1 Å². The van der Waals surface area contributed by atoms with Gasteiger partial charge in [-0.2, -0.15) is 0 Å². The van der Waals surface area contributed by atoms with Gasteiger partial charge in [0.2, 0.25) is 10.0 Å². The summed E-state index contributed by atoms with van der Waals surface area (Å²) >= 11 is 11.8. The normalized spacial score (nSPS) is 11.9. The molecule has 0 amide bonds. The van der Waals surface area contributed by atoms with Crippen LogP contribution in [0.4, 0.5) is 5.69 Å². The second-order valence-corrected chi connectivity index (χ2v) is 6.83. The minimum Gasteiger partial charge on any atom is -0.282 e. The highest BCUT2D eigenvalue weighted by molar-refractivity contribution is 7.93. The second kappa shape index (κ2) is 4.82. The number of anilines is 1. The lowest BCUT2D eigenvalue weighted by Crippen LogP contribution is -2.22. The van der Waals surface area contributed by atoms with Gasteiger partial charge < -0.3 is 0 Å². The van der Waals surface area contributed by atoms with E-state index in [1.165, 1.54) is 6.07 Å². The summed E-state index contributed by atoms with van der Waals surface area (Å²) in [6.45, 7) is 4.98. The summed E-state index contributed by atoms with van der Waals surface area (Å²) in [4.78, 5) is 0. The summed E-state index contributed by atoms with van der Waals surface area (Å²) in [6.07, 6.45) is 0. The van der Waals surface area contributed by atoms with E-state index in [1.54, 1.807) is 26.8 Å².